The Kier molecular flexibility index (Phi) is 5.39. The molecule has 0 saturated heterocycles. The van der Waals surface area contributed by atoms with E-state index in [1.165, 1.54) is 0 Å². The summed E-state index contributed by atoms with van der Waals surface area (Å²) in [5.74, 6) is -0.824. The van der Waals surface area contributed by atoms with Gasteiger partial charge in [-0.2, -0.15) is 0 Å². The zero-order chi connectivity index (χ0) is 18.5. The largest absolute Gasteiger partial charge is 0.478 e. The number of hydrogen-bond donors (Lipinski definition) is 2. The van der Waals surface area contributed by atoms with E-state index in [0.29, 0.717) is 22.4 Å². The van der Waals surface area contributed by atoms with Crippen molar-refractivity contribution in [2.45, 2.75) is 11.0 Å². The van der Waals surface area contributed by atoms with E-state index in [4.69, 9.17) is 4.74 Å². The molecule has 0 fully saturated rings. The number of thiol groups is 1. The third-order valence-electron chi connectivity index (χ3n) is 3.83. The molecule has 3 aromatic carbocycles. The van der Waals surface area contributed by atoms with Crippen LogP contribution in [-0.2, 0) is 4.79 Å². The van der Waals surface area contributed by atoms with E-state index >= 15 is 0 Å². The molecule has 1 atom stereocenters. The van der Waals surface area contributed by atoms with Crippen molar-refractivity contribution < 1.29 is 19.4 Å². The zero-order valence-corrected chi connectivity index (χ0v) is 14.6. The molecule has 3 rings (SSSR count). The Balaban J connectivity index is 1.78. The number of carboxylic acids is 1. The summed E-state index contributed by atoms with van der Waals surface area (Å²) in [6.45, 7) is 0. The highest BCUT2D eigenvalue weighted by Gasteiger charge is 2.22. The van der Waals surface area contributed by atoms with Crippen LogP contribution in [0, 0.1) is 0 Å². The van der Waals surface area contributed by atoms with Gasteiger partial charge in [-0.3, -0.25) is 4.79 Å². The Morgan fingerprint density at radius 2 is 1.38 bits per heavy atom. The normalized spacial score (nSPS) is 11.6. The summed E-state index contributed by atoms with van der Waals surface area (Å²) < 4.78 is 5.61. The fourth-order valence-corrected chi connectivity index (χ4v) is 2.64. The summed E-state index contributed by atoms with van der Waals surface area (Å²) in [7, 11) is 0. The molecule has 0 aliphatic rings. The van der Waals surface area contributed by atoms with Crippen LogP contribution >= 0.6 is 12.6 Å². The van der Waals surface area contributed by atoms with Crippen LogP contribution in [0.4, 0.5) is 0 Å². The summed E-state index contributed by atoms with van der Waals surface area (Å²) >= 11 is 4.19. The molecule has 0 saturated carbocycles. The van der Waals surface area contributed by atoms with Crippen LogP contribution in [0.25, 0.3) is 0 Å². The smallest absolute Gasteiger partial charge is 0.349 e. The molecular formula is C21H16O4S. The van der Waals surface area contributed by atoms with Gasteiger partial charge in [-0.05, 0) is 36.4 Å². The summed E-state index contributed by atoms with van der Waals surface area (Å²) in [4.78, 5) is 24.7. The van der Waals surface area contributed by atoms with Crippen molar-refractivity contribution in [1.29, 1.82) is 0 Å². The average Bonchev–Trinajstić information content (AvgIpc) is 2.67. The molecule has 0 aliphatic heterocycles. The third kappa shape index (κ3) is 4.13. The van der Waals surface area contributed by atoms with Crippen molar-refractivity contribution in [3.8, 4) is 5.75 Å². The number of hydrogen-bond acceptors (Lipinski definition) is 4. The summed E-state index contributed by atoms with van der Waals surface area (Å²) in [5.41, 5.74) is 1.62. The number of aliphatic carboxylic acids is 1. The predicted molar refractivity (Wildman–Crippen MR) is 101 cm³/mol. The Labute approximate surface area is 156 Å². The molecule has 0 amide bonds. The highest BCUT2D eigenvalue weighted by Crippen LogP contribution is 2.24. The van der Waals surface area contributed by atoms with Crippen molar-refractivity contribution >= 4 is 24.4 Å². The lowest BCUT2D eigenvalue weighted by atomic mass is 10.0. The minimum Gasteiger partial charge on any atom is -0.478 e. The number of ether oxygens (including phenoxy) is 1. The first-order chi connectivity index (χ1) is 12.5. The van der Waals surface area contributed by atoms with E-state index in [1.54, 1.807) is 72.8 Å². The molecule has 5 heteroatoms. The third-order valence-corrected chi connectivity index (χ3v) is 4.12. The number of benzene rings is 3. The lowest BCUT2D eigenvalue weighted by molar-refractivity contribution is -0.145. The molecule has 3 aromatic rings. The molecule has 0 aliphatic carbocycles. The number of carbonyl (C=O) groups is 2. The van der Waals surface area contributed by atoms with E-state index in [2.05, 4.69) is 12.6 Å². The maximum Gasteiger partial charge on any atom is 0.349 e. The Bertz CT molecular complexity index is 903. The van der Waals surface area contributed by atoms with E-state index < -0.39 is 12.1 Å². The van der Waals surface area contributed by atoms with Gasteiger partial charge in [-0.15, -0.1) is 12.6 Å². The molecule has 0 bridgehead atoms. The van der Waals surface area contributed by atoms with Gasteiger partial charge in [0, 0.05) is 21.6 Å². The maximum absolute atomic E-state index is 12.4. The lowest BCUT2D eigenvalue weighted by Crippen LogP contribution is -2.18. The molecule has 0 heterocycles. The fraction of sp³-hybridized carbons (Fsp3) is 0.0476. The van der Waals surface area contributed by atoms with Gasteiger partial charge in [0.2, 0.25) is 6.10 Å². The van der Waals surface area contributed by atoms with Crippen molar-refractivity contribution in [2.75, 3.05) is 0 Å². The molecular weight excluding hydrogens is 348 g/mol. The fourth-order valence-electron chi connectivity index (χ4n) is 2.49. The van der Waals surface area contributed by atoms with Gasteiger partial charge in [-0.25, -0.2) is 4.79 Å². The van der Waals surface area contributed by atoms with E-state index in [9.17, 15) is 14.7 Å². The monoisotopic (exact) mass is 364 g/mol. The number of ketones is 1. The second-order valence-corrected chi connectivity index (χ2v) is 6.16. The number of rotatable bonds is 6. The molecule has 130 valence electrons. The first-order valence-corrected chi connectivity index (χ1v) is 8.37. The van der Waals surface area contributed by atoms with Gasteiger partial charge >= 0.3 is 5.97 Å². The van der Waals surface area contributed by atoms with Crippen LogP contribution in [0.5, 0.6) is 5.75 Å². The summed E-state index contributed by atoms with van der Waals surface area (Å²) in [6, 6.07) is 22.1. The topological polar surface area (TPSA) is 63.6 Å². The van der Waals surface area contributed by atoms with E-state index in [-0.39, 0.29) is 5.78 Å². The molecule has 1 unspecified atom stereocenters. The Hall–Kier alpha value is -3.05. The van der Waals surface area contributed by atoms with Crippen molar-refractivity contribution in [3.63, 3.8) is 0 Å². The summed E-state index contributed by atoms with van der Waals surface area (Å²) in [5, 5.41) is 9.45. The summed E-state index contributed by atoms with van der Waals surface area (Å²) in [6.07, 6.45) is -1.14. The van der Waals surface area contributed by atoms with Crippen LogP contribution in [0.2, 0.25) is 0 Å². The maximum atomic E-state index is 12.4. The number of carbonyl (C=O) groups excluding carboxylic acids is 1. The first-order valence-electron chi connectivity index (χ1n) is 7.93. The zero-order valence-electron chi connectivity index (χ0n) is 13.7. The van der Waals surface area contributed by atoms with Crippen LogP contribution in [0.1, 0.15) is 27.6 Å². The van der Waals surface area contributed by atoms with Crippen molar-refractivity contribution in [2.24, 2.45) is 0 Å². The SMILES string of the molecule is O=C(c1ccccc1)c1ccc(OC(C(=O)O)c2ccc(S)cc2)cc1. The van der Waals surface area contributed by atoms with E-state index in [1.807, 2.05) is 6.07 Å². The highest BCUT2D eigenvalue weighted by molar-refractivity contribution is 7.80. The van der Waals surface area contributed by atoms with Crippen LogP contribution in [0.3, 0.4) is 0 Å². The second-order valence-electron chi connectivity index (χ2n) is 5.65. The minimum absolute atomic E-state index is 0.101. The minimum atomic E-state index is -1.14. The van der Waals surface area contributed by atoms with E-state index in [0.717, 1.165) is 4.90 Å². The van der Waals surface area contributed by atoms with Crippen molar-refractivity contribution in [3.05, 3.63) is 95.6 Å². The van der Waals surface area contributed by atoms with Gasteiger partial charge in [0.1, 0.15) is 5.75 Å². The highest BCUT2D eigenvalue weighted by atomic mass is 32.1. The molecule has 0 spiro atoms. The average molecular weight is 364 g/mol. The lowest BCUT2D eigenvalue weighted by Gasteiger charge is -2.16. The quantitative estimate of drug-likeness (QED) is 0.502. The molecule has 26 heavy (non-hydrogen) atoms. The van der Waals surface area contributed by atoms with Gasteiger partial charge in [0.15, 0.2) is 5.78 Å². The Morgan fingerprint density at radius 3 is 1.96 bits per heavy atom. The van der Waals surface area contributed by atoms with Crippen LogP contribution in [0.15, 0.2) is 83.8 Å². The second kappa shape index (κ2) is 7.89. The predicted octanol–water partition coefficient (Wildman–Crippen LogP) is 4.41. The first kappa shape index (κ1) is 17.8. The standard InChI is InChI=1S/C21H16O4S/c22-19(14-4-2-1-3-5-14)15-6-10-17(11-7-15)25-20(21(23)24)16-8-12-18(26)13-9-16/h1-13,20,26H,(H,23,24). The van der Waals surface area contributed by atoms with Gasteiger partial charge in [0.05, 0.1) is 0 Å². The van der Waals surface area contributed by atoms with Crippen LogP contribution < -0.4 is 4.74 Å². The number of carboxylic acid groups (broad SMARTS) is 1. The molecule has 4 nitrogen and oxygen atoms in total. The van der Waals surface area contributed by atoms with Gasteiger partial charge in [0.25, 0.3) is 0 Å². The van der Waals surface area contributed by atoms with Gasteiger partial charge < -0.3 is 9.84 Å². The molecule has 1 N–H and O–H groups in total. The van der Waals surface area contributed by atoms with Gasteiger partial charge in [-0.1, -0.05) is 42.5 Å². The Morgan fingerprint density at radius 1 is 0.808 bits per heavy atom. The van der Waals surface area contributed by atoms with Crippen LogP contribution in [-0.4, -0.2) is 16.9 Å². The molecule has 0 radical (unpaired) electrons. The molecule has 0 aromatic heterocycles. The van der Waals surface area contributed by atoms with Crippen molar-refractivity contribution in [1.82, 2.24) is 0 Å².